The first-order chi connectivity index (χ1) is 11.0. The lowest BCUT2D eigenvalue weighted by Crippen LogP contribution is -2.18. The number of benzene rings is 1. The average molecular weight is 333 g/mol. The smallest absolute Gasteiger partial charge is 0.269 e. The van der Waals surface area contributed by atoms with Gasteiger partial charge in [-0.1, -0.05) is 13.3 Å². The quantitative estimate of drug-likeness (QED) is 0.325. The molecule has 1 heterocycles. The van der Waals surface area contributed by atoms with Gasteiger partial charge in [-0.2, -0.15) is 5.10 Å². The lowest BCUT2D eigenvalue weighted by molar-refractivity contribution is -0.384. The number of aromatic nitrogens is 2. The monoisotopic (exact) mass is 333 g/mol. The molecule has 2 rings (SSSR count). The molecule has 9 heteroatoms. The average Bonchev–Trinajstić information content (AvgIpc) is 2.50. The number of nitrogens with one attached hydrogen (secondary N) is 3. The number of hydrogen-bond acceptors (Lipinski definition) is 6. The number of hydrazone groups is 1. The molecule has 0 amide bonds. The first kappa shape index (κ1) is 16.6. The molecule has 0 aliphatic carbocycles. The molecule has 2 aromatic rings. The summed E-state index contributed by atoms with van der Waals surface area (Å²) in [5, 5.41) is 14.6. The van der Waals surface area contributed by atoms with Gasteiger partial charge in [0.15, 0.2) is 4.77 Å². The molecule has 0 aliphatic heterocycles. The summed E-state index contributed by atoms with van der Waals surface area (Å²) in [6, 6.07) is 5.80. The molecule has 0 saturated carbocycles. The van der Waals surface area contributed by atoms with Crippen molar-refractivity contribution < 1.29 is 4.92 Å². The summed E-state index contributed by atoms with van der Waals surface area (Å²) in [5.41, 5.74) is 4.10. The topological polar surface area (TPSA) is 116 Å². The van der Waals surface area contributed by atoms with Crippen LogP contribution < -0.4 is 11.0 Å². The van der Waals surface area contributed by atoms with Crippen molar-refractivity contribution in [2.75, 3.05) is 5.43 Å². The summed E-state index contributed by atoms with van der Waals surface area (Å²) in [6.45, 7) is 1.99. The van der Waals surface area contributed by atoms with Gasteiger partial charge in [0.2, 0.25) is 0 Å². The van der Waals surface area contributed by atoms with E-state index in [1.807, 2.05) is 6.92 Å². The van der Waals surface area contributed by atoms with Crippen LogP contribution in [0.4, 0.5) is 11.4 Å². The summed E-state index contributed by atoms with van der Waals surface area (Å²) in [7, 11) is 0. The van der Waals surface area contributed by atoms with Crippen LogP contribution in [0.5, 0.6) is 0 Å². The Morgan fingerprint density at radius 3 is 2.65 bits per heavy atom. The Morgan fingerprint density at radius 2 is 2.04 bits per heavy atom. The number of nitro groups is 1. The number of anilines is 1. The van der Waals surface area contributed by atoms with Crippen molar-refractivity contribution in [1.82, 2.24) is 9.97 Å². The van der Waals surface area contributed by atoms with E-state index in [-0.39, 0.29) is 16.0 Å². The summed E-state index contributed by atoms with van der Waals surface area (Å²) in [4.78, 5) is 27.5. The van der Waals surface area contributed by atoms with Crippen LogP contribution in [0, 0.1) is 14.9 Å². The molecule has 8 nitrogen and oxygen atoms in total. The van der Waals surface area contributed by atoms with Crippen LogP contribution in [0.2, 0.25) is 0 Å². The highest BCUT2D eigenvalue weighted by molar-refractivity contribution is 7.71. The Kier molecular flexibility index (Phi) is 5.36. The molecule has 120 valence electrons. The summed E-state index contributed by atoms with van der Waals surface area (Å²) in [5.74, 6) is 0. The number of nitrogens with zero attached hydrogens (tertiary/aromatic N) is 2. The van der Waals surface area contributed by atoms with E-state index in [9.17, 15) is 14.9 Å². The molecular weight excluding hydrogens is 318 g/mol. The molecule has 3 N–H and O–H groups in total. The van der Waals surface area contributed by atoms with Crippen molar-refractivity contribution in [1.29, 1.82) is 0 Å². The molecule has 0 fully saturated rings. The van der Waals surface area contributed by atoms with Gasteiger partial charge in [0.25, 0.3) is 11.2 Å². The molecule has 0 spiro atoms. The van der Waals surface area contributed by atoms with Crippen LogP contribution in [0.3, 0.4) is 0 Å². The fraction of sp³-hybridized carbons (Fsp3) is 0.214. The number of rotatable bonds is 6. The number of H-pyrrole nitrogens is 2. The normalized spacial score (nSPS) is 10.8. The van der Waals surface area contributed by atoms with Crippen LogP contribution in [0.1, 0.15) is 24.6 Å². The summed E-state index contributed by atoms with van der Waals surface area (Å²) >= 11 is 4.96. The Labute approximate surface area is 136 Å². The maximum atomic E-state index is 12.0. The SMILES string of the molecule is CCCc1[nH]c(=S)[nH]c(=O)c1/C=N\Nc1ccc([N+](=O)[O-])cc1. The predicted molar refractivity (Wildman–Crippen MR) is 90.6 cm³/mol. The van der Waals surface area contributed by atoms with E-state index >= 15 is 0 Å². The van der Waals surface area contributed by atoms with Gasteiger partial charge in [0.1, 0.15) is 0 Å². The number of non-ortho nitro benzene ring substituents is 1. The van der Waals surface area contributed by atoms with Crippen LogP contribution in [0.25, 0.3) is 0 Å². The standard InChI is InChI=1S/C14H15N5O3S/c1-2-3-12-11(13(20)17-14(23)16-12)8-15-18-9-4-6-10(7-5-9)19(21)22/h4-8,18H,2-3H2,1H3,(H2,16,17,20,23)/b15-8-. The molecule has 0 unspecified atom stereocenters. The Morgan fingerprint density at radius 1 is 1.35 bits per heavy atom. The van der Waals surface area contributed by atoms with Gasteiger partial charge in [0.05, 0.1) is 22.4 Å². The zero-order valence-corrected chi connectivity index (χ0v) is 13.1. The van der Waals surface area contributed by atoms with Crippen molar-refractivity contribution in [3.63, 3.8) is 0 Å². The molecule has 0 atom stereocenters. The number of aromatic amines is 2. The van der Waals surface area contributed by atoms with Crippen molar-refractivity contribution in [2.24, 2.45) is 5.10 Å². The Bertz CT molecular complexity index is 839. The van der Waals surface area contributed by atoms with E-state index in [0.717, 1.165) is 12.1 Å². The van der Waals surface area contributed by atoms with Crippen LogP contribution in [-0.4, -0.2) is 21.1 Å². The maximum Gasteiger partial charge on any atom is 0.269 e. The number of nitro benzene ring substituents is 1. The second-order valence-corrected chi connectivity index (χ2v) is 5.13. The van der Waals surface area contributed by atoms with Gasteiger partial charge in [-0.25, -0.2) is 0 Å². The summed E-state index contributed by atoms with van der Waals surface area (Å²) in [6.07, 6.45) is 2.92. The van der Waals surface area contributed by atoms with Crippen LogP contribution in [0.15, 0.2) is 34.2 Å². The molecule has 0 radical (unpaired) electrons. The molecule has 0 aliphatic rings. The molecule has 0 saturated heterocycles. The van der Waals surface area contributed by atoms with Gasteiger partial charge >= 0.3 is 0 Å². The minimum Gasteiger partial charge on any atom is -0.335 e. The van der Waals surface area contributed by atoms with E-state index in [2.05, 4.69) is 20.5 Å². The first-order valence-corrected chi connectivity index (χ1v) is 7.31. The maximum absolute atomic E-state index is 12.0. The van der Waals surface area contributed by atoms with Gasteiger partial charge in [-0.3, -0.25) is 25.3 Å². The Balaban J connectivity index is 2.18. The van der Waals surface area contributed by atoms with E-state index in [0.29, 0.717) is 17.7 Å². The zero-order chi connectivity index (χ0) is 16.8. The van der Waals surface area contributed by atoms with Crippen molar-refractivity contribution in [3.8, 4) is 0 Å². The minimum atomic E-state index is -0.476. The fourth-order valence-electron chi connectivity index (χ4n) is 1.96. The molecule has 23 heavy (non-hydrogen) atoms. The van der Waals surface area contributed by atoms with Crippen molar-refractivity contribution >= 4 is 29.8 Å². The third-order valence-electron chi connectivity index (χ3n) is 3.03. The Hall–Kier alpha value is -2.81. The fourth-order valence-corrected chi connectivity index (χ4v) is 2.17. The predicted octanol–water partition coefficient (Wildman–Crippen LogP) is 2.74. The van der Waals surface area contributed by atoms with Gasteiger partial charge in [0, 0.05) is 17.8 Å². The molecule has 0 bridgehead atoms. The van der Waals surface area contributed by atoms with E-state index in [4.69, 9.17) is 12.2 Å². The lowest BCUT2D eigenvalue weighted by atomic mass is 10.1. The third-order valence-corrected chi connectivity index (χ3v) is 3.23. The molecule has 1 aromatic heterocycles. The van der Waals surface area contributed by atoms with E-state index in [1.54, 1.807) is 0 Å². The largest absolute Gasteiger partial charge is 0.335 e. The second kappa shape index (κ2) is 7.45. The van der Waals surface area contributed by atoms with E-state index < -0.39 is 4.92 Å². The van der Waals surface area contributed by atoms with Crippen molar-refractivity contribution in [3.05, 3.63) is 60.8 Å². The third kappa shape index (κ3) is 4.33. The minimum absolute atomic E-state index is 0.00293. The molecular formula is C14H15N5O3S. The number of aryl methyl sites for hydroxylation is 1. The van der Waals surface area contributed by atoms with Gasteiger partial charge < -0.3 is 4.98 Å². The second-order valence-electron chi connectivity index (χ2n) is 4.72. The highest BCUT2D eigenvalue weighted by atomic mass is 32.1. The van der Waals surface area contributed by atoms with Crippen LogP contribution in [-0.2, 0) is 6.42 Å². The zero-order valence-electron chi connectivity index (χ0n) is 12.3. The highest BCUT2D eigenvalue weighted by Gasteiger charge is 2.06. The highest BCUT2D eigenvalue weighted by Crippen LogP contribution is 2.15. The van der Waals surface area contributed by atoms with Gasteiger partial charge in [-0.05, 0) is 30.8 Å². The molecule has 1 aromatic carbocycles. The van der Waals surface area contributed by atoms with E-state index in [1.165, 1.54) is 30.5 Å². The number of hydrogen-bond donors (Lipinski definition) is 3. The van der Waals surface area contributed by atoms with Gasteiger partial charge in [-0.15, -0.1) is 0 Å². The first-order valence-electron chi connectivity index (χ1n) is 6.90. The lowest BCUT2D eigenvalue weighted by Gasteiger charge is -2.04. The summed E-state index contributed by atoms with van der Waals surface area (Å²) < 4.78 is 0.277. The van der Waals surface area contributed by atoms with Crippen molar-refractivity contribution in [2.45, 2.75) is 19.8 Å². The van der Waals surface area contributed by atoms with Crippen LogP contribution >= 0.6 is 12.2 Å².